The number of aromatic nitrogens is 4. The van der Waals surface area contributed by atoms with Gasteiger partial charge in [-0.05, 0) is 24.6 Å². The smallest absolute Gasteiger partial charge is 0.332 e. The summed E-state index contributed by atoms with van der Waals surface area (Å²) in [5.41, 5.74) is 1.26. The third-order valence-electron chi connectivity index (χ3n) is 4.11. The van der Waals surface area contributed by atoms with Crippen LogP contribution in [0.2, 0.25) is 0 Å². The summed E-state index contributed by atoms with van der Waals surface area (Å²) in [5, 5.41) is 12.4. The van der Waals surface area contributed by atoms with Gasteiger partial charge in [0.15, 0.2) is 6.04 Å². The van der Waals surface area contributed by atoms with Crippen molar-refractivity contribution in [2.24, 2.45) is 0 Å². The summed E-state index contributed by atoms with van der Waals surface area (Å²) in [5.74, 6) is 0.121. The summed E-state index contributed by atoms with van der Waals surface area (Å²) in [6.07, 6.45) is -0.249. The van der Waals surface area contributed by atoms with Crippen LogP contribution in [0.5, 0.6) is 0 Å². The van der Waals surface area contributed by atoms with E-state index in [1.54, 1.807) is 13.8 Å². The van der Waals surface area contributed by atoms with Gasteiger partial charge in [-0.2, -0.15) is 0 Å². The van der Waals surface area contributed by atoms with E-state index >= 15 is 0 Å². The second-order valence-electron chi connectivity index (χ2n) is 5.98. The Morgan fingerprint density at radius 1 is 1.40 bits per heavy atom. The minimum absolute atomic E-state index is 0.249. The highest BCUT2D eigenvalue weighted by Gasteiger charge is 2.27. The Labute approximate surface area is 146 Å². The zero-order valence-electron chi connectivity index (χ0n) is 14.5. The summed E-state index contributed by atoms with van der Waals surface area (Å²) in [6, 6.07) is 9.71. The molecule has 1 fully saturated rings. The molecule has 25 heavy (non-hydrogen) atoms. The predicted octanol–water partition coefficient (Wildman–Crippen LogP) is 1.37. The Morgan fingerprint density at radius 3 is 2.96 bits per heavy atom. The van der Waals surface area contributed by atoms with Gasteiger partial charge >= 0.3 is 5.97 Å². The fourth-order valence-electron chi connectivity index (χ4n) is 2.73. The van der Waals surface area contributed by atoms with E-state index in [1.165, 1.54) is 10.4 Å². The Morgan fingerprint density at radius 2 is 2.20 bits per heavy atom. The van der Waals surface area contributed by atoms with Gasteiger partial charge in [-0.15, -0.1) is 15.0 Å². The summed E-state index contributed by atoms with van der Waals surface area (Å²) in [4.78, 5) is 15.4. The van der Waals surface area contributed by atoms with Gasteiger partial charge < -0.3 is 9.47 Å². The first-order valence-corrected chi connectivity index (χ1v) is 8.51. The monoisotopic (exact) mass is 345 g/mol. The molecule has 0 spiro atoms. The average Bonchev–Trinajstić information content (AvgIpc) is 3.12. The van der Waals surface area contributed by atoms with Crippen LogP contribution >= 0.6 is 0 Å². The van der Waals surface area contributed by atoms with Crippen molar-refractivity contribution in [1.29, 1.82) is 0 Å². The first-order valence-electron chi connectivity index (χ1n) is 8.51. The molecule has 2 atom stereocenters. The van der Waals surface area contributed by atoms with Gasteiger partial charge in [0.05, 0.1) is 13.2 Å². The van der Waals surface area contributed by atoms with Gasteiger partial charge in [-0.3, -0.25) is 4.90 Å². The third-order valence-corrected chi connectivity index (χ3v) is 4.11. The van der Waals surface area contributed by atoms with Crippen molar-refractivity contribution in [3.05, 3.63) is 41.7 Å². The molecular formula is C17H23N5O3. The summed E-state index contributed by atoms with van der Waals surface area (Å²) < 4.78 is 10.8. The molecule has 1 aromatic carbocycles. The highest BCUT2D eigenvalue weighted by atomic mass is 16.5. The number of ether oxygens (including phenoxy) is 2. The number of morpholine rings is 1. The molecule has 1 aromatic heterocycles. The highest BCUT2D eigenvalue weighted by molar-refractivity contribution is 5.73. The zero-order valence-corrected chi connectivity index (χ0v) is 14.5. The van der Waals surface area contributed by atoms with E-state index in [1.807, 2.05) is 18.2 Å². The number of nitrogens with zero attached hydrogens (tertiary/aromatic N) is 5. The van der Waals surface area contributed by atoms with Crippen LogP contribution in [0.25, 0.3) is 0 Å². The minimum atomic E-state index is -0.606. The molecule has 0 aliphatic carbocycles. The predicted molar refractivity (Wildman–Crippen MR) is 89.6 cm³/mol. The van der Waals surface area contributed by atoms with E-state index in [0.717, 1.165) is 13.1 Å². The lowest BCUT2D eigenvalue weighted by Crippen LogP contribution is -2.38. The van der Waals surface area contributed by atoms with E-state index in [9.17, 15) is 4.79 Å². The summed E-state index contributed by atoms with van der Waals surface area (Å²) >= 11 is 0. The number of hydrogen-bond acceptors (Lipinski definition) is 7. The van der Waals surface area contributed by atoms with Crippen molar-refractivity contribution >= 4 is 5.97 Å². The van der Waals surface area contributed by atoms with Crippen LogP contribution in [-0.2, 0) is 20.8 Å². The molecule has 0 bridgehead atoms. The minimum Gasteiger partial charge on any atom is -0.464 e. The standard InChI is InChI=1S/C17H23N5O3/c1-3-24-17(23)13(2)22-19-16(18-20-22)15-12-21(9-10-25-15)11-14-7-5-4-6-8-14/h4-8,13,15H,3,9-12H2,1-2H3/t13-,15+/m0/s1. The van der Waals surface area contributed by atoms with Crippen LogP contribution in [0.15, 0.2) is 30.3 Å². The molecule has 0 N–H and O–H groups in total. The third kappa shape index (κ3) is 4.40. The number of carbonyl (C=O) groups is 1. The summed E-state index contributed by atoms with van der Waals surface area (Å²) in [7, 11) is 0. The van der Waals surface area contributed by atoms with E-state index < -0.39 is 6.04 Å². The lowest BCUT2D eigenvalue weighted by Gasteiger charge is -2.31. The van der Waals surface area contributed by atoms with E-state index in [4.69, 9.17) is 9.47 Å². The molecule has 3 rings (SSSR count). The highest BCUT2D eigenvalue weighted by Crippen LogP contribution is 2.20. The fraction of sp³-hybridized carbons (Fsp3) is 0.529. The van der Waals surface area contributed by atoms with Crippen molar-refractivity contribution in [1.82, 2.24) is 25.1 Å². The van der Waals surface area contributed by atoms with E-state index in [2.05, 4.69) is 32.4 Å². The largest absolute Gasteiger partial charge is 0.464 e. The van der Waals surface area contributed by atoms with Gasteiger partial charge in [0.1, 0.15) is 6.10 Å². The number of esters is 1. The molecule has 2 aromatic rings. The number of hydrogen-bond donors (Lipinski definition) is 0. The number of carbonyl (C=O) groups excluding carboxylic acids is 1. The maximum atomic E-state index is 11.8. The Kier molecular flexibility index (Phi) is 5.72. The number of benzene rings is 1. The average molecular weight is 345 g/mol. The second kappa shape index (κ2) is 8.17. The molecule has 1 saturated heterocycles. The maximum Gasteiger partial charge on any atom is 0.332 e. The SMILES string of the molecule is CCOC(=O)[C@H](C)n1nnc([C@H]2CN(Cc3ccccc3)CCO2)n1. The lowest BCUT2D eigenvalue weighted by atomic mass is 10.2. The molecule has 0 saturated carbocycles. The summed E-state index contributed by atoms with van der Waals surface area (Å²) in [6.45, 7) is 6.79. The van der Waals surface area contributed by atoms with Crippen molar-refractivity contribution in [3.63, 3.8) is 0 Å². The van der Waals surface area contributed by atoms with Gasteiger partial charge in [-0.1, -0.05) is 30.3 Å². The van der Waals surface area contributed by atoms with Crippen LogP contribution < -0.4 is 0 Å². The lowest BCUT2D eigenvalue weighted by molar-refractivity contribution is -0.147. The van der Waals surface area contributed by atoms with Crippen LogP contribution in [0.4, 0.5) is 0 Å². The molecular weight excluding hydrogens is 322 g/mol. The van der Waals surface area contributed by atoms with Gasteiger partial charge in [0.25, 0.3) is 0 Å². The Balaban J connectivity index is 1.63. The number of tetrazole rings is 1. The Hall–Kier alpha value is -2.32. The molecule has 8 nitrogen and oxygen atoms in total. The van der Waals surface area contributed by atoms with Crippen molar-refractivity contribution in [2.75, 3.05) is 26.3 Å². The fourth-order valence-corrected chi connectivity index (χ4v) is 2.73. The number of rotatable bonds is 6. The second-order valence-corrected chi connectivity index (χ2v) is 5.98. The van der Waals surface area contributed by atoms with Crippen molar-refractivity contribution in [2.45, 2.75) is 32.5 Å². The molecule has 2 heterocycles. The quantitative estimate of drug-likeness (QED) is 0.731. The molecule has 0 amide bonds. The maximum absolute atomic E-state index is 11.8. The molecule has 134 valence electrons. The van der Waals surface area contributed by atoms with Gasteiger partial charge in [0, 0.05) is 19.6 Å². The molecule has 0 radical (unpaired) electrons. The van der Waals surface area contributed by atoms with Gasteiger partial charge in [0.2, 0.25) is 5.82 Å². The topological polar surface area (TPSA) is 82.4 Å². The normalized spacial score (nSPS) is 19.5. The Bertz CT molecular complexity index is 691. The van der Waals surface area contributed by atoms with Crippen molar-refractivity contribution < 1.29 is 14.3 Å². The molecule has 1 aliphatic heterocycles. The zero-order chi connectivity index (χ0) is 17.6. The first kappa shape index (κ1) is 17.5. The molecule has 0 unspecified atom stereocenters. The molecule has 1 aliphatic rings. The van der Waals surface area contributed by atoms with E-state index in [0.29, 0.717) is 25.6 Å². The van der Waals surface area contributed by atoms with E-state index in [-0.39, 0.29) is 12.1 Å². The van der Waals surface area contributed by atoms with Crippen LogP contribution in [0.1, 0.15) is 37.4 Å². The molecule has 8 heteroatoms. The van der Waals surface area contributed by atoms with Gasteiger partial charge in [-0.25, -0.2) is 4.79 Å². The first-order chi connectivity index (χ1) is 12.2. The van der Waals surface area contributed by atoms with Crippen LogP contribution in [0.3, 0.4) is 0 Å². The van der Waals surface area contributed by atoms with Crippen LogP contribution in [-0.4, -0.2) is 57.4 Å². The van der Waals surface area contributed by atoms with Crippen molar-refractivity contribution in [3.8, 4) is 0 Å². The van der Waals surface area contributed by atoms with Crippen LogP contribution in [0, 0.1) is 0 Å².